The van der Waals surface area contributed by atoms with Crippen molar-refractivity contribution in [2.24, 2.45) is 7.05 Å². The highest BCUT2D eigenvalue weighted by Crippen LogP contribution is 2.40. The van der Waals surface area contributed by atoms with E-state index in [1.807, 2.05) is 13.0 Å². The maximum Gasteiger partial charge on any atom is 0.264 e. The van der Waals surface area contributed by atoms with Crippen molar-refractivity contribution in [1.29, 1.82) is 5.41 Å². The van der Waals surface area contributed by atoms with Crippen molar-refractivity contribution >= 4 is 27.3 Å². The highest BCUT2D eigenvalue weighted by molar-refractivity contribution is 7.91. The van der Waals surface area contributed by atoms with Crippen molar-refractivity contribution in [2.45, 2.75) is 58.4 Å². The molecule has 1 aromatic carbocycles. The maximum atomic E-state index is 14.4. The number of sulfone groups is 1. The number of amides is 1. The molecule has 1 aromatic heterocycles. The second-order valence-electron chi connectivity index (χ2n) is 11.0. The first-order valence-corrected chi connectivity index (χ1v) is 15.5. The molecule has 0 spiro atoms. The summed E-state index contributed by atoms with van der Waals surface area (Å²) in [7, 11) is -1.24. The molecule has 4 heterocycles. The summed E-state index contributed by atoms with van der Waals surface area (Å²) < 4.78 is 54.4. The summed E-state index contributed by atoms with van der Waals surface area (Å²) >= 11 is 0. The van der Waals surface area contributed by atoms with E-state index < -0.39 is 16.3 Å². The van der Waals surface area contributed by atoms with E-state index in [1.54, 1.807) is 27.7 Å². The number of halogens is 2. The molecule has 2 aromatic rings. The van der Waals surface area contributed by atoms with Gasteiger partial charge in [0.25, 0.3) is 6.43 Å². The fourth-order valence-corrected chi connectivity index (χ4v) is 7.40. The van der Waals surface area contributed by atoms with E-state index in [4.69, 9.17) is 0 Å². The molecule has 3 aliphatic rings. The summed E-state index contributed by atoms with van der Waals surface area (Å²) in [5, 5.41) is 17.0. The molecule has 1 fully saturated rings. The molecule has 0 atom stereocenters. The third-order valence-corrected chi connectivity index (χ3v) is 10.1. The van der Waals surface area contributed by atoms with Crippen molar-refractivity contribution in [1.82, 2.24) is 20.0 Å². The van der Waals surface area contributed by atoms with Crippen LogP contribution in [0.4, 0.5) is 14.5 Å². The van der Waals surface area contributed by atoms with Crippen LogP contribution in [-0.2, 0) is 28.1 Å². The van der Waals surface area contributed by atoms with Crippen molar-refractivity contribution in [3.05, 3.63) is 46.4 Å². The lowest BCUT2D eigenvalue weighted by molar-refractivity contribution is -0.128. The van der Waals surface area contributed by atoms with E-state index in [9.17, 15) is 27.4 Å². The van der Waals surface area contributed by atoms with Gasteiger partial charge in [-0.2, -0.15) is 5.10 Å². The van der Waals surface area contributed by atoms with Gasteiger partial charge in [-0.25, -0.2) is 17.2 Å². The Morgan fingerprint density at radius 1 is 1.15 bits per heavy atom. The van der Waals surface area contributed by atoms with E-state index in [0.29, 0.717) is 61.2 Å². The summed E-state index contributed by atoms with van der Waals surface area (Å²) in [5.41, 5.74) is 4.79. The fraction of sp³-hybridized carbons (Fsp3) is 0.536. The van der Waals surface area contributed by atoms with Crippen LogP contribution < -0.4 is 10.2 Å². The molecule has 0 aliphatic carbocycles. The first-order chi connectivity index (χ1) is 18.9. The minimum Gasteiger partial charge on any atom is -0.385 e. The fourth-order valence-electron chi connectivity index (χ4n) is 5.91. The van der Waals surface area contributed by atoms with Crippen molar-refractivity contribution < 1.29 is 22.0 Å². The first-order valence-electron chi connectivity index (χ1n) is 13.7. The van der Waals surface area contributed by atoms with Crippen LogP contribution >= 0.6 is 0 Å². The van der Waals surface area contributed by atoms with E-state index in [2.05, 4.69) is 10.4 Å². The van der Waals surface area contributed by atoms with Crippen molar-refractivity contribution in [3.8, 4) is 11.1 Å². The molecule has 0 bridgehead atoms. The molecule has 0 radical (unpaired) electrons. The molecule has 0 saturated carbocycles. The van der Waals surface area contributed by atoms with Gasteiger partial charge >= 0.3 is 0 Å². The van der Waals surface area contributed by atoms with Crippen LogP contribution in [0.15, 0.2) is 29.6 Å². The molecule has 12 heteroatoms. The number of anilines is 1. The van der Waals surface area contributed by atoms with Crippen molar-refractivity contribution in [3.63, 3.8) is 0 Å². The minimum atomic E-state index is -3.02. The second-order valence-corrected chi connectivity index (χ2v) is 13.3. The molecule has 1 saturated heterocycles. The Bertz CT molecular complexity index is 1470. The lowest BCUT2D eigenvalue weighted by atomic mass is 9.91. The Balaban J connectivity index is 1.52. The quantitative estimate of drug-likeness (QED) is 0.416. The number of nitrogens with one attached hydrogen (secondary N) is 2. The predicted octanol–water partition coefficient (Wildman–Crippen LogP) is 3.74. The van der Waals surface area contributed by atoms with Gasteiger partial charge in [0.05, 0.1) is 24.2 Å². The van der Waals surface area contributed by atoms with Gasteiger partial charge in [-0.15, -0.1) is 0 Å². The zero-order valence-corrected chi connectivity index (χ0v) is 24.0. The number of nitrogens with zero attached hydrogens (tertiary/aromatic N) is 4. The number of fused-ring (bicyclic) bond motifs is 1. The summed E-state index contributed by atoms with van der Waals surface area (Å²) in [6.45, 7) is 4.59. The summed E-state index contributed by atoms with van der Waals surface area (Å²) in [6.07, 6.45) is 1.86. The van der Waals surface area contributed by atoms with E-state index in [1.165, 1.54) is 13.0 Å². The van der Waals surface area contributed by atoms with Crippen molar-refractivity contribution in [2.75, 3.05) is 36.0 Å². The number of hydrogen-bond donors (Lipinski definition) is 2. The third kappa shape index (κ3) is 5.50. The van der Waals surface area contributed by atoms with Crippen LogP contribution in [0.2, 0.25) is 0 Å². The highest BCUT2D eigenvalue weighted by Gasteiger charge is 2.32. The Morgan fingerprint density at radius 3 is 2.50 bits per heavy atom. The van der Waals surface area contributed by atoms with Crippen LogP contribution in [0, 0.1) is 12.3 Å². The molecular weight excluding hydrogens is 538 g/mol. The Hall–Kier alpha value is -3.28. The average Bonchev–Trinajstić information content (AvgIpc) is 3.25. The van der Waals surface area contributed by atoms with E-state index in [-0.39, 0.29) is 41.4 Å². The first kappa shape index (κ1) is 28.3. The smallest absolute Gasteiger partial charge is 0.264 e. The monoisotopic (exact) mass is 574 g/mol. The molecule has 0 unspecified atom stereocenters. The Morgan fingerprint density at radius 2 is 1.88 bits per heavy atom. The van der Waals surface area contributed by atoms with Gasteiger partial charge in [0, 0.05) is 73.3 Å². The van der Waals surface area contributed by atoms with Gasteiger partial charge in [0.15, 0.2) is 0 Å². The lowest BCUT2D eigenvalue weighted by Gasteiger charge is -2.38. The number of rotatable bonds is 5. The summed E-state index contributed by atoms with van der Waals surface area (Å²) in [6, 6.07) is 3.30. The van der Waals surface area contributed by atoms with Gasteiger partial charge in [-0.05, 0) is 55.9 Å². The molecule has 1 amide bonds. The summed E-state index contributed by atoms with van der Waals surface area (Å²) in [4.78, 5) is 15.7. The Labute approximate surface area is 233 Å². The number of benzene rings is 1. The number of hydrogen-bond acceptors (Lipinski definition) is 6. The topological polar surface area (TPSA) is 111 Å². The summed E-state index contributed by atoms with van der Waals surface area (Å²) in [5.74, 6) is 0.338. The predicted molar refractivity (Wildman–Crippen MR) is 150 cm³/mol. The van der Waals surface area contributed by atoms with Gasteiger partial charge in [0.1, 0.15) is 15.7 Å². The second kappa shape index (κ2) is 10.9. The molecule has 40 heavy (non-hydrogen) atoms. The minimum absolute atomic E-state index is 0.0328. The van der Waals surface area contributed by atoms with E-state index >= 15 is 0 Å². The zero-order chi connectivity index (χ0) is 28.8. The standard InChI is InChI=1S/C28H36F2N6O3S/c1-17-23(15-32-34(17)3)21-13-19-5-4-9-36(26(19)14-22(21)27(29)30)28(31)24-16-35(18(2)37)10-6-25(24)33-20-7-11-40(38,39)12-8-20/h13-15,20,27,31,33H,4-12,16H2,1-3H3. The van der Waals surface area contributed by atoms with Gasteiger partial charge in [-0.3, -0.25) is 14.9 Å². The molecule has 5 rings (SSSR count). The SMILES string of the molecule is CC(=O)N1CCC(NC2CCS(=O)(=O)CC2)=C(C(=N)N2CCCc3cc(-c4cnn(C)c4C)c(C(F)F)cc32)C1. The third-order valence-electron chi connectivity index (χ3n) is 8.41. The number of carbonyl (C=O) groups excluding carboxylic acids is 1. The molecule has 216 valence electrons. The number of aromatic nitrogens is 2. The molecule has 3 aliphatic heterocycles. The number of alkyl halides is 2. The number of amidine groups is 1. The lowest BCUT2D eigenvalue weighted by Crippen LogP contribution is -2.47. The largest absolute Gasteiger partial charge is 0.385 e. The van der Waals surface area contributed by atoms with Crippen LogP contribution in [0.1, 0.15) is 55.9 Å². The molecular formula is C28H36F2N6O3S. The average molecular weight is 575 g/mol. The Kier molecular flexibility index (Phi) is 7.73. The van der Waals surface area contributed by atoms with E-state index in [0.717, 1.165) is 23.4 Å². The van der Waals surface area contributed by atoms with Crippen LogP contribution in [0.3, 0.4) is 0 Å². The van der Waals surface area contributed by atoms with Gasteiger partial charge < -0.3 is 15.1 Å². The molecule has 2 N–H and O–H groups in total. The van der Waals surface area contributed by atoms with Crippen LogP contribution in [-0.4, -0.2) is 72.0 Å². The van der Waals surface area contributed by atoms with Crippen LogP contribution in [0.5, 0.6) is 0 Å². The van der Waals surface area contributed by atoms with Gasteiger partial charge in [0.2, 0.25) is 5.91 Å². The van der Waals surface area contributed by atoms with Crippen LogP contribution in [0.25, 0.3) is 11.1 Å². The molecule has 9 nitrogen and oxygen atoms in total. The van der Waals surface area contributed by atoms with Gasteiger partial charge in [-0.1, -0.05) is 0 Å². The maximum absolute atomic E-state index is 14.4. The number of carbonyl (C=O) groups is 1. The number of aryl methyl sites for hydroxylation is 2. The zero-order valence-electron chi connectivity index (χ0n) is 23.1. The highest BCUT2D eigenvalue weighted by atomic mass is 32.2. The normalized spacial score (nSPS) is 19.6.